The summed E-state index contributed by atoms with van der Waals surface area (Å²) >= 11 is 5.26. The van der Waals surface area contributed by atoms with Crippen LogP contribution in [0.1, 0.15) is 22.2 Å². The summed E-state index contributed by atoms with van der Waals surface area (Å²) in [5.41, 5.74) is 2.54. The van der Waals surface area contributed by atoms with Crippen molar-refractivity contribution in [1.82, 2.24) is 10.3 Å². The van der Waals surface area contributed by atoms with Crippen molar-refractivity contribution >= 4 is 27.3 Å². The summed E-state index contributed by atoms with van der Waals surface area (Å²) in [7, 11) is 2.00. The van der Waals surface area contributed by atoms with Crippen molar-refractivity contribution in [2.24, 2.45) is 0 Å². The van der Waals surface area contributed by atoms with Crippen molar-refractivity contribution in [1.29, 1.82) is 0 Å². The van der Waals surface area contributed by atoms with Crippen molar-refractivity contribution in [3.05, 3.63) is 50.4 Å². The first kappa shape index (κ1) is 13.7. The van der Waals surface area contributed by atoms with Gasteiger partial charge in [0.25, 0.3) is 0 Å². The van der Waals surface area contributed by atoms with Crippen LogP contribution in [0.3, 0.4) is 0 Å². The van der Waals surface area contributed by atoms with Crippen LogP contribution in [0.5, 0.6) is 0 Å². The maximum Gasteiger partial charge on any atom is 0.0897 e. The largest absolute Gasteiger partial charge is 0.319 e. The van der Waals surface area contributed by atoms with Gasteiger partial charge in [0, 0.05) is 22.3 Å². The first-order chi connectivity index (χ1) is 8.69. The summed E-state index contributed by atoms with van der Waals surface area (Å²) < 4.78 is 1.13. The molecule has 0 spiro atoms. The molecule has 1 heterocycles. The number of hydrogen-bond acceptors (Lipinski definition) is 3. The molecule has 2 aromatic rings. The molecule has 0 saturated heterocycles. The van der Waals surface area contributed by atoms with Crippen LogP contribution in [-0.4, -0.2) is 18.6 Å². The highest BCUT2D eigenvalue weighted by molar-refractivity contribution is 9.10. The van der Waals surface area contributed by atoms with Crippen LogP contribution < -0.4 is 5.32 Å². The lowest BCUT2D eigenvalue weighted by molar-refractivity contribution is 0.619. The van der Waals surface area contributed by atoms with Crippen LogP contribution in [0, 0.1) is 6.92 Å². The molecule has 0 aliphatic rings. The van der Waals surface area contributed by atoms with Gasteiger partial charge in [-0.2, -0.15) is 0 Å². The molecule has 1 aromatic carbocycles. The number of rotatable bonds is 5. The average molecular weight is 325 g/mol. The van der Waals surface area contributed by atoms with E-state index in [1.165, 1.54) is 11.3 Å². The van der Waals surface area contributed by atoms with Crippen molar-refractivity contribution in [3.8, 4) is 0 Å². The molecule has 1 atom stereocenters. The lowest BCUT2D eigenvalue weighted by Gasteiger charge is -2.16. The zero-order chi connectivity index (χ0) is 13.0. The third-order valence-corrected chi connectivity index (χ3v) is 4.21. The molecule has 0 amide bonds. The molecule has 0 aliphatic carbocycles. The lowest BCUT2D eigenvalue weighted by Crippen LogP contribution is -2.19. The lowest BCUT2D eigenvalue weighted by atomic mass is 9.94. The summed E-state index contributed by atoms with van der Waals surface area (Å²) in [4.78, 5) is 4.56. The summed E-state index contributed by atoms with van der Waals surface area (Å²) in [6.45, 7) is 3.02. The zero-order valence-electron chi connectivity index (χ0n) is 10.6. The molecule has 2 rings (SSSR count). The third kappa shape index (κ3) is 3.64. The second kappa shape index (κ2) is 6.45. The molecule has 0 fully saturated rings. The summed E-state index contributed by atoms with van der Waals surface area (Å²) in [6, 6.07) is 8.54. The van der Waals surface area contributed by atoms with Gasteiger partial charge in [-0.25, -0.2) is 4.98 Å². The number of nitrogens with zero attached hydrogens (tertiary/aromatic N) is 1. The van der Waals surface area contributed by atoms with E-state index in [2.05, 4.69) is 62.8 Å². The van der Waals surface area contributed by atoms with Gasteiger partial charge in [0.15, 0.2) is 0 Å². The number of likely N-dealkylation sites (N-methyl/N-ethyl adjacent to an activating group) is 1. The highest BCUT2D eigenvalue weighted by Gasteiger charge is 2.13. The fourth-order valence-corrected chi connectivity index (χ4v) is 3.11. The minimum atomic E-state index is 0.467. The molecular weight excluding hydrogens is 308 g/mol. The minimum Gasteiger partial charge on any atom is -0.319 e. The van der Waals surface area contributed by atoms with Crippen LogP contribution in [0.15, 0.2) is 34.1 Å². The van der Waals surface area contributed by atoms with E-state index in [-0.39, 0.29) is 0 Å². The Kier molecular flexibility index (Phi) is 4.92. The Morgan fingerprint density at radius 1 is 1.44 bits per heavy atom. The smallest absolute Gasteiger partial charge is 0.0897 e. The Bertz CT molecular complexity index is 510. The second-order valence-corrected chi connectivity index (χ2v) is 6.35. The molecule has 18 heavy (non-hydrogen) atoms. The Morgan fingerprint density at radius 2 is 2.28 bits per heavy atom. The number of aryl methyl sites for hydroxylation is 1. The molecule has 0 saturated carbocycles. The molecule has 96 valence electrons. The Morgan fingerprint density at radius 3 is 2.89 bits per heavy atom. The number of benzene rings is 1. The molecular formula is C14H17BrN2S. The van der Waals surface area contributed by atoms with E-state index in [0.717, 1.165) is 22.4 Å². The van der Waals surface area contributed by atoms with E-state index in [9.17, 15) is 0 Å². The summed E-state index contributed by atoms with van der Waals surface area (Å²) in [5.74, 6) is 0.467. The molecule has 4 heteroatoms. The van der Waals surface area contributed by atoms with E-state index in [1.807, 2.05) is 7.05 Å². The average Bonchev–Trinajstić information content (AvgIpc) is 2.74. The summed E-state index contributed by atoms with van der Waals surface area (Å²) in [5, 5.41) is 6.58. The van der Waals surface area contributed by atoms with Crippen LogP contribution in [-0.2, 0) is 6.42 Å². The van der Waals surface area contributed by atoms with Gasteiger partial charge in [-0.15, -0.1) is 11.3 Å². The molecule has 1 unspecified atom stereocenters. The van der Waals surface area contributed by atoms with E-state index in [4.69, 9.17) is 0 Å². The normalized spacial score (nSPS) is 12.6. The number of halogens is 1. The van der Waals surface area contributed by atoms with Crippen molar-refractivity contribution in [3.63, 3.8) is 0 Å². The van der Waals surface area contributed by atoms with E-state index < -0.39 is 0 Å². The van der Waals surface area contributed by atoms with E-state index in [1.54, 1.807) is 11.3 Å². The highest BCUT2D eigenvalue weighted by Crippen LogP contribution is 2.24. The highest BCUT2D eigenvalue weighted by atomic mass is 79.9. The van der Waals surface area contributed by atoms with Gasteiger partial charge in [-0.1, -0.05) is 28.1 Å². The Hall–Kier alpha value is -0.710. The molecule has 1 aromatic heterocycles. The first-order valence-corrected chi connectivity index (χ1v) is 7.67. The predicted octanol–water partition coefficient (Wildman–Crippen LogP) is 3.76. The van der Waals surface area contributed by atoms with Gasteiger partial charge < -0.3 is 5.32 Å². The van der Waals surface area contributed by atoms with Crippen LogP contribution in [0.4, 0.5) is 0 Å². The van der Waals surface area contributed by atoms with Gasteiger partial charge in [0.1, 0.15) is 0 Å². The maximum absolute atomic E-state index is 4.56. The molecule has 1 N–H and O–H groups in total. The van der Waals surface area contributed by atoms with E-state index in [0.29, 0.717) is 5.92 Å². The molecule has 0 bridgehead atoms. The SMILES string of the molecule is CNCC(Cc1csc(C)n1)c1cccc(Br)c1. The van der Waals surface area contributed by atoms with Crippen molar-refractivity contribution in [2.75, 3.05) is 13.6 Å². The maximum atomic E-state index is 4.56. The van der Waals surface area contributed by atoms with Crippen LogP contribution in [0.2, 0.25) is 0 Å². The van der Waals surface area contributed by atoms with E-state index >= 15 is 0 Å². The topological polar surface area (TPSA) is 24.9 Å². The number of thiazole rings is 1. The van der Waals surface area contributed by atoms with Crippen LogP contribution in [0.25, 0.3) is 0 Å². The molecule has 0 aliphatic heterocycles. The Balaban J connectivity index is 2.17. The minimum absolute atomic E-state index is 0.467. The number of nitrogens with one attached hydrogen (secondary N) is 1. The van der Waals surface area contributed by atoms with Gasteiger partial charge in [0.2, 0.25) is 0 Å². The first-order valence-electron chi connectivity index (χ1n) is 6.00. The fraction of sp³-hybridized carbons (Fsp3) is 0.357. The van der Waals surface area contributed by atoms with Gasteiger partial charge in [0.05, 0.1) is 10.7 Å². The van der Waals surface area contributed by atoms with Crippen molar-refractivity contribution in [2.45, 2.75) is 19.3 Å². The Labute approximate surface area is 121 Å². The number of aromatic nitrogens is 1. The van der Waals surface area contributed by atoms with Gasteiger partial charge in [-0.3, -0.25) is 0 Å². The third-order valence-electron chi connectivity index (χ3n) is 2.89. The second-order valence-electron chi connectivity index (χ2n) is 4.37. The number of hydrogen-bond donors (Lipinski definition) is 1. The van der Waals surface area contributed by atoms with Crippen molar-refractivity contribution < 1.29 is 0 Å². The molecule has 2 nitrogen and oxygen atoms in total. The molecule has 0 radical (unpaired) electrons. The zero-order valence-corrected chi connectivity index (χ0v) is 13.0. The quantitative estimate of drug-likeness (QED) is 0.905. The monoisotopic (exact) mass is 324 g/mol. The predicted molar refractivity (Wildman–Crippen MR) is 81.4 cm³/mol. The summed E-state index contributed by atoms with van der Waals surface area (Å²) in [6.07, 6.45) is 0.988. The standard InChI is InChI=1S/C14H17BrN2S/c1-10-17-14(9-18-10)7-12(8-16-2)11-4-3-5-13(15)6-11/h3-6,9,12,16H,7-8H2,1-2H3. The van der Waals surface area contributed by atoms with Gasteiger partial charge >= 0.3 is 0 Å². The van der Waals surface area contributed by atoms with Gasteiger partial charge in [-0.05, 0) is 38.1 Å². The van der Waals surface area contributed by atoms with Crippen LogP contribution >= 0.6 is 27.3 Å². The fourth-order valence-electron chi connectivity index (χ4n) is 2.07.